The number of primary amides is 1. The van der Waals surface area contributed by atoms with Gasteiger partial charge in [-0.15, -0.1) is 11.6 Å². The van der Waals surface area contributed by atoms with Crippen LogP contribution < -0.4 is 5.73 Å². The van der Waals surface area contributed by atoms with Gasteiger partial charge in [-0.3, -0.25) is 9.78 Å². The normalized spacial score (nSPS) is 11.1. The van der Waals surface area contributed by atoms with Crippen molar-refractivity contribution in [2.45, 2.75) is 6.42 Å². The molecule has 0 saturated heterocycles. The van der Waals surface area contributed by atoms with Crippen LogP contribution >= 0.6 is 27.5 Å². The van der Waals surface area contributed by atoms with Gasteiger partial charge in [-0.25, -0.2) is 9.97 Å². The molecule has 0 atom stereocenters. The summed E-state index contributed by atoms with van der Waals surface area (Å²) in [4.78, 5) is 28.0. The zero-order valence-electron chi connectivity index (χ0n) is 14.6. The van der Waals surface area contributed by atoms with E-state index in [0.717, 1.165) is 38.2 Å². The smallest absolute Gasteiger partial charge is 0.250 e. The Hall–Kier alpha value is -2.77. The number of pyridine rings is 2. The molecule has 0 saturated carbocycles. The molecule has 3 N–H and O–H groups in total. The highest BCUT2D eigenvalue weighted by Gasteiger charge is 2.12. The SMILES string of the molecule is NC(=O)c1cnc(-c2ccc(-c3nc4ncc(Br)cc4[nH]3)cc2)c(CCCl)c1. The Morgan fingerprint density at radius 3 is 2.57 bits per heavy atom. The van der Waals surface area contributed by atoms with Crippen LogP contribution in [0.2, 0.25) is 0 Å². The van der Waals surface area contributed by atoms with Crippen LogP contribution in [0.15, 0.2) is 53.3 Å². The second kappa shape index (κ2) is 7.69. The number of nitrogens with two attached hydrogens (primary N) is 1. The van der Waals surface area contributed by atoms with Gasteiger partial charge in [0.05, 0.1) is 16.8 Å². The number of fused-ring (bicyclic) bond motifs is 1. The number of hydrogen-bond donors (Lipinski definition) is 2. The molecule has 1 amide bonds. The van der Waals surface area contributed by atoms with Crippen molar-refractivity contribution in [3.63, 3.8) is 0 Å². The molecule has 3 heterocycles. The fraction of sp³-hybridized carbons (Fsp3) is 0.100. The molecule has 0 bridgehead atoms. The van der Waals surface area contributed by atoms with E-state index in [0.29, 0.717) is 23.5 Å². The third kappa shape index (κ3) is 3.63. The predicted octanol–water partition coefficient (Wildman–Crippen LogP) is 4.33. The number of carbonyl (C=O) groups excluding carboxylic acids is 1. The lowest BCUT2D eigenvalue weighted by Crippen LogP contribution is -2.12. The molecular formula is C20H15BrClN5O. The number of rotatable bonds is 5. The summed E-state index contributed by atoms with van der Waals surface area (Å²) < 4.78 is 0.892. The molecule has 0 spiro atoms. The van der Waals surface area contributed by atoms with E-state index in [1.54, 1.807) is 12.3 Å². The van der Waals surface area contributed by atoms with Crippen LogP contribution in [0.1, 0.15) is 15.9 Å². The van der Waals surface area contributed by atoms with Crippen LogP contribution in [0, 0.1) is 0 Å². The standard InChI is InChI=1S/C20H15BrClN5O/c21-15-8-16-20(25-10-15)27-19(26-16)12-3-1-11(2-4-12)17-13(5-6-22)7-14(9-24-17)18(23)28/h1-4,7-10H,5-6H2,(H2,23,28)(H,25,26,27). The summed E-state index contributed by atoms with van der Waals surface area (Å²) >= 11 is 9.33. The highest BCUT2D eigenvalue weighted by Crippen LogP contribution is 2.27. The number of benzene rings is 1. The molecule has 0 aliphatic rings. The number of aryl methyl sites for hydroxylation is 1. The number of imidazole rings is 1. The number of alkyl halides is 1. The molecule has 0 unspecified atom stereocenters. The number of carbonyl (C=O) groups is 1. The maximum atomic E-state index is 11.4. The van der Waals surface area contributed by atoms with E-state index in [1.165, 1.54) is 6.20 Å². The molecule has 28 heavy (non-hydrogen) atoms. The van der Waals surface area contributed by atoms with E-state index in [9.17, 15) is 4.79 Å². The molecule has 4 rings (SSSR count). The number of nitrogens with zero attached hydrogens (tertiary/aromatic N) is 3. The number of aromatic nitrogens is 4. The van der Waals surface area contributed by atoms with Gasteiger partial charge in [0.15, 0.2) is 5.65 Å². The van der Waals surface area contributed by atoms with E-state index >= 15 is 0 Å². The molecular weight excluding hydrogens is 442 g/mol. The second-order valence-electron chi connectivity index (χ2n) is 6.22. The van der Waals surface area contributed by atoms with Crippen LogP contribution in [0.5, 0.6) is 0 Å². The third-order valence-electron chi connectivity index (χ3n) is 4.35. The molecule has 0 fully saturated rings. The number of amides is 1. The molecule has 3 aromatic heterocycles. The van der Waals surface area contributed by atoms with Gasteiger partial charge in [0.2, 0.25) is 5.91 Å². The summed E-state index contributed by atoms with van der Waals surface area (Å²) in [6.45, 7) is 0. The van der Waals surface area contributed by atoms with Crippen molar-refractivity contribution in [3.05, 3.63) is 64.4 Å². The lowest BCUT2D eigenvalue weighted by Gasteiger charge is -2.09. The van der Waals surface area contributed by atoms with E-state index in [-0.39, 0.29) is 0 Å². The molecule has 8 heteroatoms. The molecule has 0 radical (unpaired) electrons. The maximum absolute atomic E-state index is 11.4. The largest absolute Gasteiger partial charge is 0.366 e. The second-order valence-corrected chi connectivity index (χ2v) is 7.52. The summed E-state index contributed by atoms with van der Waals surface area (Å²) in [5, 5.41) is 0. The van der Waals surface area contributed by atoms with E-state index < -0.39 is 5.91 Å². The summed E-state index contributed by atoms with van der Waals surface area (Å²) in [6, 6.07) is 11.6. The summed E-state index contributed by atoms with van der Waals surface area (Å²) in [5.41, 5.74) is 10.8. The Morgan fingerprint density at radius 1 is 1.11 bits per heavy atom. The van der Waals surface area contributed by atoms with Crippen LogP contribution in [0.3, 0.4) is 0 Å². The van der Waals surface area contributed by atoms with E-state index in [1.807, 2.05) is 30.3 Å². The van der Waals surface area contributed by atoms with Crippen LogP contribution in [0.25, 0.3) is 33.8 Å². The minimum Gasteiger partial charge on any atom is -0.366 e. The Balaban J connectivity index is 1.70. The first-order valence-electron chi connectivity index (χ1n) is 8.52. The highest BCUT2D eigenvalue weighted by molar-refractivity contribution is 9.10. The Kier molecular flexibility index (Phi) is 5.11. The molecule has 140 valence electrons. The first-order chi connectivity index (χ1) is 13.5. The third-order valence-corrected chi connectivity index (χ3v) is 4.97. The highest BCUT2D eigenvalue weighted by atomic mass is 79.9. The Labute approximate surface area is 174 Å². The number of H-pyrrole nitrogens is 1. The summed E-state index contributed by atoms with van der Waals surface area (Å²) in [5.74, 6) is 0.664. The predicted molar refractivity (Wildman–Crippen MR) is 113 cm³/mol. The van der Waals surface area contributed by atoms with Gasteiger partial charge < -0.3 is 10.7 Å². The van der Waals surface area contributed by atoms with Crippen molar-refractivity contribution in [3.8, 4) is 22.6 Å². The van der Waals surface area contributed by atoms with Gasteiger partial charge in [0, 0.05) is 33.9 Å². The van der Waals surface area contributed by atoms with Crippen LogP contribution in [0.4, 0.5) is 0 Å². The number of hydrogen-bond acceptors (Lipinski definition) is 4. The number of halogens is 2. The first-order valence-corrected chi connectivity index (χ1v) is 9.84. The summed E-state index contributed by atoms with van der Waals surface area (Å²) in [7, 11) is 0. The fourth-order valence-electron chi connectivity index (χ4n) is 2.99. The zero-order valence-corrected chi connectivity index (χ0v) is 17.0. The van der Waals surface area contributed by atoms with E-state index in [2.05, 4.69) is 35.9 Å². The van der Waals surface area contributed by atoms with Crippen molar-refractivity contribution in [2.24, 2.45) is 5.73 Å². The molecule has 6 nitrogen and oxygen atoms in total. The summed E-state index contributed by atoms with van der Waals surface area (Å²) in [6.07, 6.45) is 3.80. The Bertz CT molecular complexity index is 1170. The van der Waals surface area contributed by atoms with Crippen LogP contribution in [-0.2, 0) is 6.42 Å². The van der Waals surface area contributed by atoms with Crippen molar-refractivity contribution >= 4 is 44.6 Å². The van der Waals surface area contributed by atoms with Crippen molar-refractivity contribution < 1.29 is 4.79 Å². The van der Waals surface area contributed by atoms with Crippen LogP contribution in [-0.4, -0.2) is 31.7 Å². The zero-order chi connectivity index (χ0) is 19.7. The van der Waals surface area contributed by atoms with Gasteiger partial charge in [-0.2, -0.15) is 0 Å². The van der Waals surface area contributed by atoms with Gasteiger partial charge in [0.25, 0.3) is 0 Å². The van der Waals surface area contributed by atoms with Gasteiger partial charge in [0.1, 0.15) is 5.82 Å². The topological polar surface area (TPSA) is 97.6 Å². The van der Waals surface area contributed by atoms with Gasteiger partial charge in [-0.05, 0) is 40.0 Å². The fourth-order valence-corrected chi connectivity index (χ4v) is 3.53. The van der Waals surface area contributed by atoms with Crippen molar-refractivity contribution in [1.82, 2.24) is 19.9 Å². The molecule has 0 aliphatic carbocycles. The monoisotopic (exact) mass is 455 g/mol. The van der Waals surface area contributed by atoms with Gasteiger partial charge >= 0.3 is 0 Å². The average molecular weight is 457 g/mol. The van der Waals surface area contributed by atoms with E-state index in [4.69, 9.17) is 17.3 Å². The van der Waals surface area contributed by atoms with Crippen molar-refractivity contribution in [2.75, 3.05) is 5.88 Å². The average Bonchev–Trinajstić information content (AvgIpc) is 3.11. The minimum absolute atomic E-state index is 0.376. The number of nitrogens with one attached hydrogen (secondary N) is 1. The molecule has 1 aromatic carbocycles. The lowest BCUT2D eigenvalue weighted by molar-refractivity contribution is 0.1000. The maximum Gasteiger partial charge on any atom is 0.250 e. The van der Waals surface area contributed by atoms with Crippen molar-refractivity contribution in [1.29, 1.82) is 0 Å². The Morgan fingerprint density at radius 2 is 1.86 bits per heavy atom. The lowest BCUT2D eigenvalue weighted by atomic mass is 10.0. The quantitative estimate of drug-likeness (QED) is 0.437. The first kappa shape index (κ1) is 18.6. The minimum atomic E-state index is -0.504. The number of aromatic amines is 1. The van der Waals surface area contributed by atoms with Gasteiger partial charge in [-0.1, -0.05) is 24.3 Å². The molecule has 0 aliphatic heterocycles. The molecule has 4 aromatic rings.